The van der Waals surface area contributed by atoms with Gasteiger partial charge in [-0.25, -0.2) is 0 Å². The molecule has 2 nitrogen and oxygen atoms in total. The Morgan fingerprint density at radius 1 is 1.17 bits per heavy atom. The standard InChI is InChI=1S/C12H9BrF3NO/c13-9-5-6-18-11(9)10(17)7-3-1-2-4-8(7)12(14,15)16/h1-6,10H,17H2. The van der Waals surface area contributed by atoms with Crippen LogP contribution < -0.4 is 5.73 Å². The monoisotopic (exact) mass is 319 g/mol. The van der Waals surface area contributed by atoms with Gasteiger partial charge in [-0.1, -0.05) is 18.2 Å². The first-order valence-electron chi connectivity index (χ1n) is 5.06. The van der Waals surface area contributed by atoms with Crippen molar-refractivity contribution in [1.29, 1.82) is 0 Å². The normalized spacial score (nSPS) is 13.6. The molecule has 6 heteroatoms. The van der Waals surface area contributed by atoms with Crippen molar-refractivity contribution < 1.29 is 17.6 Å². The summed E-state index contributed by atoms with van der Waals surface area (Å²) in [6.07, 6.45) is -3.07. The maximum Gasteiger partial charge on any atom is 0.416 e. The van der Waals surface area contributed by atoms with Crippen LogP contribution >= 0.6 is 15.9 Å². The lowest BCUT2D eigenvalue weighted by molar-refractivity contribution is -0.138. The molecule has 0 bridgehead atoms. The molecule has 0 amide bonds. The van der Waals surface area contributed by atoms with Gasteiger partial charge in [0, 0.05) is 0 Å². The predicted molar refractivity (Wildman–Crippen MR) is 63.9 cm³/mol. The molecule has 96 valence electrons. The lowest BCUT2D eigenvalue weighted by atomic mass is 9.99. The van der Waals surface area contributed by atoms with Gasteiger partial charge in [0.2, 0.25) is 0 Å². The summed E-state index contributed by atoms with van der Waals surface area (Å²) in [4.78, 5) is 0. The average molecular weight is 320 g/mol. The van der Waals surface area contributed by atoms with E-state index in [1.807, 2.05) is 0 Å². The number of hydrogen-bond donors (Lipinski definition) is 1. The van der Waals surface area contributed by atoms with Crippen LogP contribution in [0.3, 0.4) is 0 Å². The third-order valence-corrected chi connectivity index (χ3v) is 3.18. The first kappa shape index (κ1) is 13.2. The summed E-state index contributed by atoms with van der Waals surface area (Å²) in [5, 5.41) is 0. The van der Waals surface area contributed by atoms with Crippen LogP contribution in [0.1, 0.15) is 22.9 Å². The third kappa shape index (κ3) is 2.44. The van der Waals surface area contributed by atoms with Crippen molar-refractivity contribution in [1.82, 2.24) is 0 Å². The summed E-state index contributed by atoms with van der Waals surface area (Å²) in [7, 11) is 0. The Hall–Kier alpha value is -1.27. The molecule has 1 atom stereocenters. The van der Waals surface area contributed by atoms with Crippen molar-refractivity contribution in [2.24, 2.45) is 5.73 Å². The van der Waals surface area contributed by atoms with Gasteiger partial charge in [0.1, 0.15) is 5.76 Å². The molecular weight excluding hydrogens is 311 g/mol. The van der Waals surface area contributed by atoms with Crippen LogP contribution in [-0.2, 0) is 6.18 Å². The zero-order valence-electron chi connectivity index (χ0n) is 9.04. The van der Waals surface area contributed by atoms with E-state index in [2.05, 4.69) is 15.9 Å². The summed E-state index contributed by atoms with van der Waals surface area (Å²) >= 11 is 3.18. The van der Waals surface area contributed by atoms with Crippen LogP contribution in [0, 0.1) is 0 Å². The van der Waals surface area contributed by atoms with Crippen LogP contribution in [-0.4, -0.2) is 0 Å². The average Bonchev–Trinajstić information content (AvgIpc) is 2.73. The molecule has 0 saturated heterocycles. The minimum absolute atomic E-state index is 0.0133. The van der Waals surface area contributed by atoms with Crippen LogP contribution in [0.2, 0.25) is 0 Å². The Morgan fingerprint density at radius 3 is 2.39 bits per heavy atom. The number of alkyl halides is 3. The van der Waals surface area contributed by atoms with Gasteiger partial charge in [-0.15, -0.1) is 0 Å². The molecule has 0 fully saturated rings. The largest absolute Gasteiger partial charge is 0.466 e. The van der Waals surface area contributed by atoms with Crippen LogP contribution in [0.4, 0.5) is 13.2 Å². The number of benzene rings is 1. The second-order valence-electron chi connectivity index (χ2n) is 3.70. The van der Waals surface area contributed by atoms with E-state index in [9.17, 15) is 13.2 Å². The van der Waals surface area contributed by atoms with Crippen molar-refractivity contribution >= 4 is 15.9 Å². The lowest BCUT2D eigenvalue weighted by Crippen LogP contribution is -2.18. The molecule has 0 aliphatic rings. The highest BCUT2D eigenvalue weighted by atomic mass is 79.9. The number of hydrogen-bond acceptors (Lipinski definition) is 2. The summed E-state index contributed by atoms with van der Waals surface area (Å²) in [5.41, 5.74) is 5.07. The van der Waals surface area contributed by atoms with E-state index < -0.39 is 17.8 Å². The minimum atomic E-state index is -4.44. The SMILES string of the molecule is NC(c1ccccc1C(F)(F)F)c1occc1Br. The highest BCUT2D eigenvalue weighted by Gasteiger charge is 2.35. The molecular formula is C12H9BrF3NO. The highest BCUT2D eigenvalue weighted by Crippen LogP contribution is 2.37. The minimum Gasteiger partial charge on any atom is -0.466 e. The fraction of sp³-hybridized carbons (Fsp3) is 0.167. The lowest BCUT2D eigenvalue weighted by Gasteiger charge is -2.17. The van der Waals surface area contributed by atoms with E-state index in [4.69, 9.17) is 10.2 Å². The number of nitrogens with two attached hydrogens (primary N) is 1. The first-order valence-corrected chi connectivity index (χ1v) is 5.85. The Labute approximate surface area is 110 Å². The van der Waals surface area contributed by atoms with E-state index >= 15 is 0 Å². The molecule has 0 saturated carbocycles. The maximum atomic E-state index is 12.9. The maximum absolute atomic E-state index is 12.9. The van der Waals surface area contributed by atoms with Crippen molar-refractivity contribution in [3.63, 3.8) is 0 Å². The van der Waals surface area contributed by atoms with Crippen molar-refractivity contribution in [2.45, 2.75) is 12.2 Å². The van der Waals surface area contributed by atoms with Gasteiger partial charge in [-0.3, -0.25) is 0 Å². The van der Waals surface area contributed by atoms with Crippen molar-refractivity contribution in [3.05, 3.63) is 58.0 Å². The molecule has 2 aromatic rings. The van der Waals surface area contributed by atoms with E-state index in [1.54, 1.807) is 6.07 Å². The molecule has 0 aliphatic carbocycles. The molecule has 2 N–H and O–H groups in total. The molecule has 1 aromatic heterocycles. The Bertz CT molecular complexity index is 550. The van der Waals surface area contributed by atoms with Crippen molar-refractivity contribution in [2.75, 3.05) is 0 Å². The second kappa shape index (κ2) is 4.78. The van der Waals surface area contributed by atoms with Crippen LogP contribution in [0.25, 0.3) is 0 Å². The summed E-state index contributed by atoms with van der Waals surface area (Å²) in [5.74, 6) is 0.270. The van der Waals surface area contributed by atoms with E-state index in [0.717, 1.165) is 6.07 Å². The summed E-state index contributed by atoms with van der Waals surface area (Å²) in [6, 6.07) is 5.82. The zero-order chi connectivity index (χ0) is 13.3. The Morgan fingerprint density at radius 2 is 1.83 bits per heavy atom. The smallest absolute Gasteiger partial charge is 0.416 e. The second-order valence-corrected chi connectivity index (χ2v) is 4.55. The van der Waals surface area contributed by atoms with Gasteiger partial charge < -0.3 is 10.2 Å². The van der Waals surface area contributed by atoms with Gasteiger partial charge in [0.25, 0.3) is 0 Å². The molecule has 1 unspecified atom stereocenters. The third-order valence-electron chi connectivity index (χ3n) is 2.53. The predicted octanol–water partition coefficient (Wildman–Crippen LogP) is 4.11. The highest BCUT2D eigenvalue weighted by molar-refractivity contribution is 9.10. The fourth-order valence-electron chi connectivity index (χ4n) is 1.69. The molecule has 0 spiro atoms. The zero-order valence-corrected chi connectivity index (χ0v) is 10.6. The van der Waals surface area contributed by atoms with Crippen molar-refractivity contribution in [3.8, 4) is 0 Å². The van der Waals surface area contributed by atoms with Gasteiger partial charge in [0.15, 0.2) is 0 Å². The molecule has 0 radical (unpaired) electrons. The van der Waals surface area contributed by atoms with Crippen LogP contribution in [0.15, 0.2) is 45.5 Å². The van der Waals surface area contributed by atoms with Crippen LogP contribution in [0.5, 0.6) is 0 Å². The molecule has 0 aliphatic heterocycles. The first-order chi connectivity index (χ1) is 8.41. The Balaban J connectivity index is 2.49. The van der Waals surface area contributed by atoms with Gasteiger partial charge in [-0.05, 0) is 33.6 Å². The fourth-order valence-corrected chi connectivity index (χ4v) is 2.14. The van der Waals surface area contributed by atoms with E-state index in [1.165, 1.54) is 24.5 Å². The number of furan rings is 1. The van der Waals surface area contributed by atoms with Gasteiger partial charge >= 0.3 is 6.18 Å². The molecule has 1 heterocycles. The topological polar surface area (TPSA) is 39.2 Å². The van der Waals surface area contributed by atoms with Gasteiger partial charge in [0.05, 0.1) is 22.3 Å². The summed E-state index contributed by atoms with van der Waals surface area (Å²) < 4.78 is 44.2. The van der Waals surface area contributed by atoms with E-state index in [-0.39, 0.29) is 11.3 Å². The molecule has 18 heavy (non-hydrogen) atoms. The van der Waals surface area contributed by atoms with Gasteiger partial charge in [-0.2, -0.15) is 13.2 Å². The number of halogens is 4. The quantitative estimate of drug-likeness (QED) is 0.904. The summed E-state index contributed by atoms with van der Waals surface area (Å²) in [6.45, 7) is 0. The molecule has 1 aromatic carbocycles. The molecule has 2 rings (SSSR count). The van der Waals surface area contributed by atoms with E-state index in [0.29, 0.717) is 4.47 Å². The Kier molecular flexibility index (Phi) is 3.49. The number of rotatable bonds is 2.